The SMILES string of the molecule is CCNC(=NCCCC(=O)N1CCc2ccccc2C1)NCCc1ccc(C)c(OC)c1.I. The first kappa shape index (κ1) is 27.0. The van der Waals surface area contributed by atoms with E-state index < -0.39 is 0 Å². The molecule has 33 heavy (non-hydrogen) atoms. The highest BCUT2D eigenvalue weighted by Crippen LogP contribution is 2.20. The molecule has 0 fully saturated rings. The minimum Gasteiger partial charge on any atom is -0.496 e. The predicted molar refractivity (Wildman–Crippen MR) is 146 cm³/mol. The van der Waals surface area contributed by atoms with Crippen LogP contribution in [0.4, 0.5) is 0 Å². The number of carbonyl (C=O) groups is 1. The lowest BCUT2D eigenvalue weighted by atomic mass is 9.99. The Bertz CT molecular complexity index is 932. The van der Waals surface area contributed by atoms with Crippen molar-refractivity contribution in [3.8, 4) is 5.75 Å². The van der Waals surface area contributed by atoms with Crippen molar-refractivity contribution in [2.24, 2.45) is 4.99 Å². The number of hydrogen-bond donors (Lipinski definition) is 2. The van der Waals surface area contributed by atoms with E-state index in [0.29, 0.717) is 13.0 Å². The van der Waals surface area contributed by atoms with Gasteiger partial charge in [-0.1, -0.05) is 36.4 Å². The number of nitrogens with zero attached hydrogens (tertiary/aromatic N) is 2. The smallest absolute Gasteiger partial charge is 0.222 e. The van der Waals surface area contributed by atoms with Gasteiger partial charge in [-0.05, 0) is 61.4 Å². The van der Waals surface area contributed by atoms with Crippen LogP contribution in [0.5, 0.6) is 5.75 Å². The molecule has 0 aliphatic carbocycles. The number of methoxy groups -OCH3 is 1. The van der Waals surface area contributed by atoms with Crippen LogP contribution in [0.15, 0.2) is 47.5 Å². The lowest BCUT2D eigenvalue weighted by Crippen LogP contribution is -2.38. The summed E-state index contributed by atoms with van der Waals surface area (Å²) in [6.45, 7) is 7.86. The van der Waals surface area contributed by atoms with E-state index in [1.54, 1.807) is 7.11 Å². The van der Waals surface area contributed by atoms with Crippen LogP contribution in [0.25, 0.3) is 0 Å². The number of guanidine groups is 1. The van der Waals surface area contributed by atoms with Crippen LogP contribution in [-0.4, -0.2) is 50.1 Å². The van der Waals surface area contributed by atoms with Gasteiger partial charge in [-0.2, -0.15) is 0 Å². The number of benzene rings is 2. The largest absolute Gasteiger partial charge is 0.496 e. The summed E-state index contributed by atoms with van der Waals surface area (Å²) in [5, 5.41) is 6.67. The fourth-order valence-corrected chi connectivity index (χ4v) is 3.97. The Labute approximate surface area is 215 Å². The Kier molecular flexibility index (Phi) is 11.5. The number of halogens is 1. The molecule has 180 valence electrons. The first-order valence-electron chi connectivity index (χ1n) is 11.6. The molecule has 1 amide bonds. The van der Waals surface area contributed by atoms with Gasteiger partial charge in [0, 0.05) is 39.1 Å². The van der Waals surface area contributed by atoms with E-state index in [2.05, 4.69) is 58.9 Å². The molecule has 0 bridgehead atoms. The van der Waals surface area contributed by atoms with Gasteiger partial charge in [0.1, 0.15) is 5.75 Å². The molecule has 2 N–H and O–H groups in total. The van der Waals surface area contributed by atoms with Crippen molar-refractivity contribution in [2.45, 2.75) is 46.1 Å². The summed E-state index contributed by atoms with van der Waals surface area (Å²) in [7, 11) is 1.70. The number of aryl methyl sites for hydroxylation is 1. The molecule has 0 unspecified atom stereocenters. The maximum Gasteiger partial charge on any atom is 0.222 e. The minimum atomic E-state index is 0. The molecular formula is C26H37IN4O2. The van der Waals surface area contributed by atoms with Crippen LogP contribution in [-0.2, 0) is 24.2 Å². The topological polar surface area (TPSA) is 66.0 Å². The Morgan fingerprint density at radius 3 is 2.70 bits per heavy atom. The van der Waals surface area contributed by atoms with E-state index in [1.807, 2.05) is 17.9 Å². The predicted octanol–water partition coefficient (Wildman–Crippen LogP) is 4.08. The van der Waals surface area contributed by atoms with E-state index in [-0.39, 0.29) is 29.9 Å². The van der Waals surface area contributed by atoms with Crippen molar-refractivity contribution in [1.82, 2.24) is 15.5 Å². The van der Waals surface area contributed by atoms with Crippen LogP contribution in [0.3, 0.4) is 0 Å². The molecule has 0 aromatic heterocycles. The van der Waals surface area contributed by atoms with E-state index in [9.17, 15) is 4.79 Å². The summed E-state index contributed by atoms with van der Waals surface area (Å²) in [6.07, 6.45) is 3.12. The molecule has 1 aliphatic rings. The molecule has 0 spiro atoms. The lowest BCUT2D eigenvalue weighted by Gasteiger charge is -2.28. The first-order valence-corrected chi connectivity index (χ1v) is 11.6. The fourth-order valence-electron chi connectivity index (χ4n) is 3.97. The number of ether oxygens (including phenoxy) is 1. The van der Waals surface area contributed by atoms with Gasteiger partial charge in [0.25, 0.3) is 0 Å². The molecule has 1 heterocycles. The molecule has 2 aromatic rings. The number of rotatable bonds is 9. The Morgan fingerprint density at radius 2 is 1.94 bits per heavy atom. The van der Waals surface area contributed by atoms with Crippen molar-refractivity contribution >= 4 is 35.8 Å². The van der Waals surface area contributed by atoms with Crippen molar-refractivity contribution < 1.29 is 9.53 Å². The van der Waals surface area contributed by atoms with Gasteiger partial charge in [0.2, 0.25) is 5.91 Å². The maximum absolute atomic E-state index is 12.6. The van der Waals surface area contributed by atoms with Gasteiger partial charge in [-0.25, -0.2) is 0 Å². The number of fused-ring (bicyclic) bond motifs is 1. The highest BCUT2D eigenvalue weighted by molar-refractivity contribution is 14.0. The van der Waals surface area contributed by atoms with E-state index >= 15 is 0 Å². The number of nitrogens with one attached hydrogen (secondary N) is 2. The number of amides is 1. The van der Waals surface area contributed by atoms with Gasteiger partial charge in [0.15, 0.2) is 5.96 Å². The van der Waals surface area contributed by atoms with Crippen molar-refractivity contribution in [3.63, 3.8) is 0 Å². The van der Waals surface area contributed by atoms with E-state index in [1.165, 1.54) is 16.7 Å². The van der Waals surface area contributed by atoms with E-state index in [0.717, 1.165) is 62.7 Å². The quantitative estimate of drug-likeness (QED) is 0.209. The van der Waals surface area contributed by atoms with E-state index in [4.69, 9.17) is 4.74 Å². The van der Waals surface area contributed by atoms with Crippen LogP contribution in [0.1, 0.15) is 42.0 Å². The molecule has 7 heteroatoms. The van der Waals surface area contributed by atoms with Crippen molar-refractivity contribution in [1.29, 1.82) is 0 Å². The summed E-state index contributed by atoms with van der Waals surface area (Å²) >= 11 is 0. The van der Waals surface area contributed by atoms with Crippen molar-refractivity contribution in [3.05, 3.63) is 64.7 Å². The van der Waals surface area contributed by atoms with Crippen molar-refractivity contribution in [2.75, 3.05) is 33.3 Å². The zero-order chi connectivity index (χ0) is 22.8. The van der Waals surface area contributed by atoms with Crippen LogP contribution < -0.4 is 15.4 Å². The summed E-state index contributed by atoms with van der Waals surface area (Å²) in [6, 6.07) is 14.7. The van der Waals surface area contributed by atoms with Crippen LogP contribution in [0, 0.1) is 6.92 Å². The second-order valence-electron chi connectivity index (χ2n) is 8.18. The monoisotopic (exact) mass is 564 g/mol. The minimum absolute atomic E-state index is 0. The van der Waals surface area contributed by atoms with Gasteiger partial charge in [-0.15, -0.1) is 24.0 Å². The highest BCUT2D eigenvalue weighted by atomic mass is 127. The second-order valence-corrected chi connectivity index (χ2v) is 8.18. The summed E-state index contributed by atoms with van der Waals surface area (Å²) < 4.78 is 5.41. The number of carbonyl (C=O) groups excluding carboxylic acids is 1. The van der Waals surface area contributed by atoms with Crippen LogP contribution >= 0.6 is 24.0 Å². The normalized spacial score (nSPS) is 13.1. The lowest BCUT2D eigenvalue weighted by molar-refractivity contribution is -0.132. The standard InChI is InChI=1S/C26H36N4O2.HI/c1-4-27-26(29-16-13-21-12-11-20(2)24(18-21)32-3)28-15-7-10-25(31)30-17-14-22-8-5-6-9-23(22)19-30;/h5-6,8-9,11-12,18H,4,7,10,13-17,19H2,1-3H3,(H2,27,28,29);1H. The Morgan fingerprint density at radius 1 is 1.15 bits per heavy atom. The summed E-state index contributed by atoms with van der Waals surface area (Å²) in [4.78, 5) is 19.2. The molecule has 0 saturated heterocycles. The average Bonchev–Trinajstić information content (AvgIpc) is 2.82. The van der Waals surface area contributed by atoms with Gasteiger partial charge in [-0.3, -0.25) is 9.79 Å². The third-order valence-corrected chi connectivity index (χ3v) is 5.82. The second kappa shape index (κ2) is 14.1. The molecule has 6 nitrogen and oxygen atoms in total. The molecule has 0 saturated carbocycles. The van der Waals surface area contributed by atoms with Gasteiger partial charge in [0.05, 0.1) is 7.11 Å². The van der Waals surface area contributed by atoms with Gasteiger partial charge < -0.3 is 20.3 Å². The molecule has 0 atom stereocenters. The molecule has 1 aliphatic heterocycles. The number of aliphatic imine (C=N–C) groups is 1. The fraction of sp³-hybridized carbons (Fsp3) is 0.462. The van der Waals surface area contributed by atoms with Gasteiger partial charge >= 0.3 is 0 Å². The Balaban J connectivity index is 0.00000385. The zero-order valence-electron chi connectivity index (χ0n) is 20.0. The highest BCUT2D eigenvalue weighted by Gasteiger charge is 2.19. The molecular weight excluding hydrogens is 527 g/mol. The molecule has 3 rings (SSSR count). The number of hydrogen-bond acceptors (Lipinski definition) is 3. The third-order valence-electron chi connectivity index (χ3n) is 5.82. The first-order chi connectivity index (χ1) is 15.6. The zero-order valence-corrected chi connectivity index (χ0v) is 22.4. The summed E-state index contributed by atoms with van der Waals surface area (Å²) in [5.74, 6) is 1.94. The third kappa shape index (κ3) is 8.21. The molecule has 0 radical (unpaired) electrons. The van der Waals surface area contributed by atoms with Crippen LogP contribution in [0.2, 0.25) is 0 Å². The Hall–Kier alpha value is -2.29. The maximum atomic E-state index is 12.6. The molecule has 2 aromatic carbocycles. The summed E-state index contributed by atoms with van der Waals surface area (Å²) in [5.41, 5.74) is 5.01. The average molecular weight is 565 g/mol.